The Hall–Kier alpha value is -2.50. The first-order valence-electron chi connectivity index (χ1n) is 10.5. The summed E-state index contributed by atoms with van der Waals surface area (Å²) >= 11 is 12.9. The Morgan fingerprint density at radius 2 is 1.64 bits per heavy atom. The first-order valence-corrected chi connectivity index (χ1v) is 11.3. The summed E-state index contributed by atoms with van der Waals surface area (Å²) in [5, 5.41) is 5.75. The van der Waals surface area contributed by atoms with E-state index in [0.29, 0.717) is 27.5 Å². The molecule has 7 heteroatoms. The molecule has 0 saturated heterocycles. The van der Waals surface area contributed by atoms with Crippen LogP contribution < -0.4 is 0 Å². The standard InChI is InChI=1S/C26H22Cl2F3N2/c1-15(2)12-24(17-6-4-16(3)5-7-17)33-23-11-10-20(25(28)21(23)14-32-33)19-9-8-18(13-22(19)27)26(29,30)31/h4-11,13-15,24H,3,12H2,1-2H3. The summed E-state index contributed by atoms with van der Waals surface area (Å²) in [5.41, 5.74) is 3.10. The van der Waals surface area contributed by atoms with Crippen LogP contribution >= 0.6 is 23.2 Å². The summed E-state index contributed by atoms with van der Waals surface area (Å²) in [6.45, 7) is 8.28. The number of hydrogen-bond acceptors (Lipinski definition) is 1. The highest BCUT2D eigenvalue weighted by atomic mass is 35.5. The van der Waals surface area contributed by atoms with Crippen LogP contribution in [0, 0.1) is 12.8 Å². The zero-order chi connectivity index (χ0) is 23.9. The minimum atomic E-state index is -4.46. The van der Waals surface area contributed by atoms with E-state index in [9.17, 15) is 13.2 Å². The lowest BCUT2D eigenvalue weighted by molar-refractivity contribution is -0.137. The average Bonchev–Trinajstić information content (AvgIpc) is 3.17. The van der Waals surface area contributed by atoms with E-state index in [0.717, 1.165) is 35.2 Å². The van der Waals surface area contributed by atoms with Crippen LogP contribution in [0.5, 0.6) is 0 Å². The van der Waals surface area contributed by atoms with Gasteiger partial charge in [0.15, 0.2) is 0 Å². The normalized spacial score (nSPS) is 13.1. The van der Waals surface area contributed by atoms with Gasteiger partial charge in [-0.05, 0) is 48.6 Å². The highest BCUT2D eigenvalue weighted by molar-refractivity contribution is 6.39. The lowest BCUT2D eigenvalue weighted by Crippen LogP contribution is -2.14. The third kappa shape index (κ3) is 4.75. The maximum atomic E-state index is 13.0. The molecule has 0 N–H and O–H groups in total. The second-order valence-electron chi connectivity index (χ2n) is 8.53. The van der Waals surface area contributed by atoms with E-state index >= 15 is 0 Å². The molecule has 0 aliphatic carbocycles. The fourth-order valence-electron chi connectivity index (χ4n) is 4.02. The minimum Gasteiger partial charge on any atom is -0.257 e. The van der Waals surface area contributed by atoms with Gasteiger partial charge < -0.3 is 0 Å². The number of halogens is 5. The van der Waals surface area contributed by atoms with Gasteiger partial charge in [-0.15, -0.1) is 0 Å². The van der Waals surface area contributed by atoms with Crippen molar-refractivity contribution in [3.8, 4) is 11.1 Å². The molecule has 1 radical (unpaired) electrons. The molecule has 171 valence electrons. The summed E-state index contributed by atoms with van der Waals surface area (Å²) in [5.74, 6) is 0.425. The Kier molecular flexibility index (Phi) is 6.47. The number of nitrogens with zero attached hydrogens (tertiary/aromatic N) is 2. The third-order valence-electron chi connectivity index (χ3n) is 5.66. The van der Waals surface area contributed by atoms with E-state index in [-0.39, 0.29) is 11.1 Å². The van der Waals surface area contributed by atoms with Crippen LogP contribution in [0.25, 0.3) is 22.0 Å². The quantitative estimate of drug-likeness (QED) is 0.273. The molecule has 3 aromatic carbocycles. The van der Waals surface area contributed by atoms with Crippen LogP contribution in [-0.2, 0) is 6.18 Å². The summed E-state index contributed by atoms with van der Waals surface area (Å²) in [4.78, 5) is 0. The number of hydrogen-bond donors (Lipinski definition) is 0. The molecule has 4 rings (SSSR count). The molecule has 1 aromatic heterocycles. The van der Waals surface area contributed by atoms with Crippen LogP contribution in [0.3, 0.4) is 0 Å². The van der Waals surface area contributed by atoms with Gasteiger partial charge in [-0.25, -0.2) is 0 Å². The SMILES string of the molecule is [CH2]c1ccc(C(CC(C)C)n2ncc3c(Cl)c(-c4ccc(C(F)(F)F)cc4Cl)ccc32)cc1. The summed E-state index contributed by atoms with van der Waals surface area (Å²) < 4.78 is 41.0. The lowest BCUT2D eigenvalue weighted by atomic mass is 9.96. The fourth-order valence-corrected chi connectivity index (χ4v) is 4.61. The third-order valence-corrected chi connectivity index (χ3v) is 6.38. The second kappa shape index (κ2) is 9.03. The summed E-state index contributed by atoms with van der Waals surface area (Å²) in [7, 11) is 0. The van der Waals surface area contributed by atoms with Gasteiger partial charge in [0.2, 0.25) is 0 Å². The fraction of sp³-hybridized carbons (Fsp3) is 0.231. The molecule has 0 aliphatic rings. The van der Waals surface area contributed by atoms with Crippen LogP contribution in [0.1, 0.15) is 43.0 Å². The monoisotopic (exact) mass is 489 g/mol. The molecule has 0 saturated carbocycles. The van der Waals surface area contributed by atoms with Crippen molar-refractivity contribution in [1.82, 2.24) is 9.78 Å². The van der Waals surface area contributed by atoms with E-state index in [1.165, 1.54) is 6.07 Å². The van der Waals surface area contributed by atoms with E-state index in [1.807, 2.05) is 22.9 Å². The van der Waals surface area contributed by atoms with Crippen molar-refractivity contribution in [3.05, 3.63) is 94.5 Å². The van der Waals surface area contributed by atoms with Crippen molar-refractivity contribution in [2.75, 3.05) is 0 Å². The molecular weight excluding hydrogens is 468 g/mol. The van der Waals surface area contributed by atoms with E-state index in [1.54, 1.807) is 12.3 Å². The zero-order valence-corrected chi connectivity index (χ0v) is 19.6. The number of benzene rings is 3. The molecule has 33 heavy (non-hydrogen) atoms. The van der Waals surface area contributed by atoms with Crippen LogP contribution in [0.15, 0.2) is 60.8 Å². The molecule has 1 unspecified atom stereocenters. The minimum absolute atomic E-state index is 0.000302. The second-order valence-corrected chi connectivity index (χ2v) is 9.31. The lowest BCUT2D eigenvalue weighted by Gasteiger charge is -2.22. The maximum Gasteiger partial charge on any atom is 0.416 e. The Labute approximate surface area is 200 Å². The zero-order valence-electron chi connectivity index (χ0n) is 18.1. The molecule has 1 atom stereocenters. The number of aromatic nitrogens is 2. The highest BCUT2D eigenvalue weighted by Gasteiger charge is 2.31. The van der Waals surface area contributed by atoms with Gasteiger partial charge in [-0.2, -0.15) is 18.3 Å². The van der Waals surface area contributed by atoms with Gasteiger partial charge in [-0.3, -0.25) is 4.68 Å². The molecule has 0 amide bonds. The predicted octanol–water partition coefficient (Wildman–Crippen LogP) is 8.85. The Bertz CT molecular complexity index is 1290. The van der Waals surface area contributed by atoms with Crippen LogP contribution in [0.2, 0.25) is 10.0 Å². The molecule has 0 fully saturated rings. The molecule has 0 aliphatic heterocycles. The Morgan fingerprint density at radius 3 is 2.24 bits per heavy atom. The van der Waals surface area contributed by atoms with Gasteiger partial charge in [0.25, 0.3) is 0 Å². The highest BCUT2D eigenvalue weighted by Crippen LogP contribution is 2.41. The van der Waals surface area contributed by atoms with E-state index < -0.39 is 11.7 Å². The van der Waals surface area contributed by atoms with E-state index in [2.05, 4.69) is 38.0 Å². The van der Waals surface area contributed by atoms with Crippen molar-refractivity contribution in [2.24, 2.45) is 5.92 Å². The van der Waals surface area contributed by atoms with Crippen molar-refractivity contribution in [2.45, 2.75) is 32.5 Å². The molecule has 2 nitrogen and oxygen atoms in total. The largest absolute Gasteiger partial charge is 0.416 e. The summed E-state index contributed by atoms with van der Waals surface area (Å²) in [6, 6.07) is 15.0. The smallest absolute Gasteiger partial charge is 0.257 e. The molecule has 4 aromatic rings. The van der Waals surface area contributed by atoms with Crippen molar-refractivity contribution in [3.63, 3.8) is 0 Å². The molecule has 1 heterocycles. The van der Waals surface area contributed by atoms with Gasteiger partial charge in [0.1, 0.15) is 0 Å². The topological polar surface area (TPSA) is 17.8 Å². The molecule has 0 bridgehead atoms. The number of alkyl halides is 3. The van der Waals surface area contributed by atoms with E-state index in [4.69, 9.17) is 23.2 Å². The summed E-state index contributed by atoms with van der Waals surface area (Å²) in [6.07, 6.45) is -1.89. The Morgan fingerprint density at radius 1 is 0.970 bits per heavy atom. The van der Waals surface area contributed by atoms with Gasteiger partial charge in [-0.1, -0.05) is 73.4 Å². The van der Waals surface area contributed by atoms with Crippen molar-refractivity contribution < 1.29 is 13.2 Å². The van der Waals surface area contributed by atoms with Gasteiger partial charge in [0, 0.05) is 21.5 Å². The van der Waals surface area contributed by atoms with Crippen LogP contribution in [0.4, 0.5) is 13.2 Å². The Balaban J connectivity index is 1.80. The predicted molar refractivity (Wildman–Crippen MR) is 129 cm³/mol. The average molecular weight is 490 g/mol. The molecule has 0 spiro atoms. The first-order chi connectivity index (χ1) is 15.6. The maximum absolute atomic E-state index is 13.0. The number of rotatable bonds is 5. The van der Waals surface area contributed by atoms with Crippen LogP contribution in [-0.4, -0.2) is 9.78 Å². The van der Waals surface area contributed by atoms with Gasteiger partial charge in [0.05, 0.1) is 28.3 Å². The first kappa shape index (κ1) is 23.7. The van der Waals surface area contributed by atoms with Crippen molar-refractivity contribution in [1.29, 1.82) is 0 Å². The molecular formula is C26H22Cl2F3N2. The van der Waals surface area contributed by atoms with Crippen molar-refractivity contribution >= 4 is 34.1 Å². The number of fused-ring (bicyclic) bond motifs is 1. The van der Waals surface area contributed by atoms with Gasteiger partial charge >= 0.3 is 6.18 Å².